The van der Waals surface area contributed by atoms with Crippen molar-refractivity contribution in [1.29, 1.82) is 0 Å². The zero-order valence-corrected chi connectivity index (χ0v) is 10.1. The maximum absolute atomic E-state index is 11.9. The van der Waals surface area contributed by atoms with Crippen LogP contribution in [-0.4, -0.2) is 33.2 Å². The minimum absolute atomic E-state index is 0.0550. The summed E-state index contributed by atoms with van der Waals surface area (Å²) in [7, 11) is -3.52. The summed E-state index contributed by atoms with van der Waals surface area (Å²) in [4.78, 5) is 11.9. The first-order valence-corrected chi connectivity index (χ1v) is 7.10. The highest BCUT2D eigenvalue weighted by Gasteiger charge is 2.39. The van der Waals surface area contributed by atoms with Crippen LogP contribution in [0.5, 0.6) is 0 Å². The molecule has 0 heterocycles. The first-order valence-electron chi connectivity index (χ1n) is 5.38. The fourth-order valence-electron chi connectivity index (χ4n) is 2.07. The summed E-state index contributed by atoms with van der Waals surface area (Å²) < 4.78 is 21.4. The molecule has 0 aromatic rings. The maximum atomic E-state index is 11.9. The fourth-order valence-corrected chi connectivity index (χ4v) is 2.46. The molecule has 6 nitrogen and oxygen atoms in total. The van der Waals surface area contributed by atoms with Crippen molar-refractivity contribution in [2.75, 3.05) is 18.8 Å². The van der Waals surface area contributed by atoms with Crippen LogP contribution in [0.1, 0.15) is 25.7 Å². The van der Waals surface area contributed by atoms with Crippen molar-refractivity contribution in [2.45, 2.75) is 25.7 Å². The lowest BCUT2D eigenvalue weighted by Crippen LogP contribution is -2.45. The Balaban J connectivity index is 2.45. The average molecular weight is 249 g/mol. The first-order chi connectivity index (χ1) is 7.40. The molecule has 1 aliphatic rings. The van der Waals surface area contributed by atoms with Gasteiger partial charge in [-0.15, -0.1) is 0 Å². The van der Waals surface area contributed by atoms with E-state index in [-0.39, 0.29) is 18.2 Å². The summed E-state index contributed by atoms with van der Waals surface area (Å²) >= 11 is 0. The van der Waals surface area contributed by atoms with E-state index in [1.807, 2.05) is 0 Å². The summed E-state index contributed by atoms with van der Waals surface area (Å²) in [5.74, 6) is -0.379. The monoisotopic (exact) mass is 249 g/mol. The molecule has 7 heteroatoms. The Bertz CT molecular complexity index is 347. The second kappa shape index (κ2) is 5.11. The van der Waals surface area contributed by atoms with Crippen molar-refractivity contribution >= 4 is 15.9 Å². The molecule has 16 heavy (non-hydrogen) atoms. The Labute approximate surface area is 95.8 Å². The van der Waals surface area contributed by atoms with Crippen LogP contribution >= 0.6 is 0 Å². The Morgan fingerprint density at radius 2 is 1.88 bits per heavy atom. The average Bonchev–Trinajstić information content (AvgIpc) is 2.65. The summed E-state index contributed by atoms with van der Waals surface area (Å²) in [6.45, 7) is 0.369. The second-order valence-electron chi connectivity index (χ2n) is 4.31. The summed E-state index contributed by atoms with van der Waals surface area (Å²) in [6.07, 6.45) is 3.56. The van der Waals surface area contributed by atoms with E-state index >= 15 is 0 Å². The van der Waals surface area contributed by atoms with Gasteiger partial charge in [0.2, 0.25) is 15.9 Å². The number of rotatable bonds is 5. The van der Waals surface area contributed by atoms with E-state index < -0.39 is 15.4 Å². The van der Waals surface area contributed by atoms with E-state index in [1.165, 1.54) is 0 Å². The van der Waals surface area contributed by atoms with Gasteiger partial charge in [0, 0.05) is 13.1 Å². The van der Waals surface area contributed by atoms with Crippen molar-refractivity contribution in [3.05, 3.63) is 0 Å². The molecule has 0 aromatic heterocycles. The number of carbonyl (C=O) groups excluding carboxylic acids is 1. The number of sulfonamides is 1. The number of nitrogens with two attached hydrogens (primary N) is 2. The molecule has 0 bridgehead atoms. The molecule has 1 rings (SSSR count). The fraction of sp³-hybridized carbons (Fsp3) is 0.889. The largest absolute Gasteiger partial charge is 0.355 e. The Kier molecular flexibility index (Phi) is 4.28. The normalized spacial score (nSPS) is 19.6. The van der Waals surface area contributed by atoms with Crippen LogP contribution in [0.2, 0.25) is 0 Å². The lowest BCUT2D eigenvalue weighted by molar-refractivity contribution is -0.130. The van der Waals surface area contributed by atoms with Crippen molar-refractivity contribution in [1.82, 2.24) is 5.32 Å². The number of hydrogen-bond acceptors (Lipinski definition) is 4. The van der Waals surface area contributed by atoms with Gasteiger partial charge >= 0.3 is 0 Å². The van der Waals surface area contributed by atoms with Crippen LogP contribution in [-0.2, 0) is 14.8 Å². The first kappa shape index (κ1) is 13.4. The van der Waals surface area contributed by atoms with Crippen LogP contribution < -0.4 is 16.2 Å². The molecule has 0 aromatic carbocycles. The standard InChI is InChI=1S/C9H19N3O3S/c10-7-9(3-1-2-4-9)8(13)12-5-6-16(11,14)15/h1-7,10H2,(H,12,13)(H2,11,14,15). The number of primary sulfonamides is 1. The Hall–Kier alpha value is -0.660. The molecule has 1 aliphatic carbocycles. The molecule has 0 spiro atoms. The van der Waals surface area contributed by atoms with Gasteiger partial charge in [0.25, 0.3) is 0 Å². The minimum Gasteiger partial charge on any atom is -0.355 e. The van der Waals surface area contributed by atoms with Crippen LogP contribution in [0.3, 0.4) is 0 Å². The van der Waals surface area contributed by atoms with Gasteiger partial charge in [0.05, 0.1) is 11.2 Å². The van der Waals surface area contributed by atoms with Gasteiger partial charge < -0.3 is 11.1 Å². The molecule has 0 saturated heterocycles. The molecule has 0 atom stereocenters. The molecule has 5 N–H and O–H groups in total. The topological polar surface area (TPSA) is 115 Å². The van der Waals surface area contributed by atoms with Gasteiger partial charge in [-0.2, -0.15) is 0 Å². The van der Waals surface area contributed by atoms with Gasteiger partial charge in [-0.05, 0) is 12.8 Å². The van der Waals surface area contributed by atoms with E-state index in [9.17, 15) is 13.2 Å². The van der Waals surface area contributed by atoms with Gasteiger partial charge in [-0.3, -0.25) is 4.79 Å². The zero-order chi connectivity index (χ0) is 12.2. The quantitative estimate of drug-likeness (QED) is 0.574. The summed E-state index contributed by atoms with van der Waals surface area (Å²) in [5, 5.41) is 7.43. The maximum Gasteiger partial charge on any atom is 0.227 e. The van der Waals surface area contributed by atoms with Crippen molar-refractivity contribution < 1.29 is 13.2 Å². The number of nitrogens with one attached hydrogen (secondary N) is 1. The molecule has 1 amide bonds. The second-order valence-corrected chi connectivity index (χ2v) is 6.05. The predicted octanol–water partition coefficient (Wildman–Crippen LogP) is -1.09. The van der Waals surface area contributed by atoms with Crippen molar-refractivity contribution in [3.8, 4) is 0 Å². The summed E-state index contributed by atoms with van der Waals surface area (Å²) in [6, 6.07) is 0. The number of hydrogen-bond donors (Lipinski definition) is 3. The highest BCUT2D eigenvalue weighted by molar-refractivity contribution is 7.89. The van der Waals surface area contributed by atoms with E-state index in [0.29, 0.717) is 6.54 Å². The molecule has 1 saturated carbocycles. The molecule has 0 radical (unpaired) electrons. The van der Waals surface area contributed by atoms with Gasteiger partial charge in [0.15, 0.2) is 0 Å². The lowest BCUT2D eigenvalue weighted by atomic mass is 9.85. The highest BCUT2D eigenvalue weighted by atomic mass is 32.2. The zero-order valence-electron chi connectivity index (χ0n) is 9.24. The molecular weight excluding hydrogens is 230 g/mol. The smallest absolute Gasteiger partial charge is 0.227 e. The van der Waals surface area contributed by atoms with E-state index in [4.69, 9.17) is 10.9 Å². The molecule has 0 aliphatic heterocycles. The molecule has 0 unspecified atom stereocenters. The van der Waals surface area contributed by atoms with Crippen LogP contribution in [0.25, 0.3) is 0 Å². The predicted molar refractivity (Wildman–Crippen MR) is 60.9 cm³/mol. The highest BCUT2D eigenvalue weighted by Crippen LogP contribution is 2.37. The van der Waals surface area contributed by atoms with E-state index in [1.54, 1.807) is 0 Å². The lowest BCUT2D eigenvalue weighted by Gasteiger charge is -2.25. The molecular formula is C9H19N3O3S. The van der Waals surface area contributed by atoms with Crippen LogP contribution in [0.15, 0.2) is 0 Å². The summed E-state index contributed by atoms with van der Waals surface area (Å²) in [5.41, 5.74) is 5.14. The minimum atomic E-state index is -3.52. The van der Waals surface area contributed by atoms with Crippen molar-refractivity contribution in [3.63, 3.8) is 0 Å². The van der Waals surface area contributed by atoms with Crippen molar-refractivity contribution in [2.24, 2.45) is 16.3 Å². The third kappa shape index (κ3) is 3.43. The van der Waals surface area contributed by atoms with E-state index in [2.05, 4.69) is 5.32 Å². The Morgan fingerprint density at radius 1 is 1.31 bits per heavy atom. The number of amides is 1. The number of carbonyl (C=O) groups is 1. The van der Waals surface area contributed by atoms with Crippen LogP contribution in [0, 0.1) is 5.41 Å². The van der Waals surface area contributed by atoms with Crippen LogP contribution in [0.4, 0.5) is 0 Å². The SMILES string of the molecule is NCC1(C(=O)NCCS(N)(=O)=O)CCCC1. The van der Waals surface area contributed by atoms with Gasteiger partial charge in [0.1, 0.15) is 0 Å². The van der Waals surface area contributed by atoms with E-state index in [0.717, 1.165) is 25.7 Å². The third-order valence-electron chi connectivity index (χ3n) is 3.11. The molecule has 94 valence electrons. The van der Waals surface area contributed by atoms with Gasteiger partial charge in [-0.25, -0.2) is 13.6 Å². The molecule has 1 fully saturated rings. The third-order valence-corrected chi connectivity index (χ3v) is 3.88. The van der Waals surface area contributed by atoms with Gasteiger partial charge in [-0.1, -0.05) is 12.8 Å². The Morgan fingerprint density at radius 3 is 2.31 bits per heavy atom.